The number of hydrogen-bond donors (Lipinski definition) is 0. The molecular formula is C12H15N3O. The van der Waals surface area contributed by atoms with E-state index in [9.17, 15) is 4.79 Å². The number of aldehydes is 1. The lowest BCUT2D eigenvalue weighted by Crippen LogP contribution is -2.05. The molecule has 2 rings (SSSR count). The fourth-order valence-electron chi connectivity index (χ4n) is 1.60. The molecule has 0 saturated carbocycles. The summed E-state index contributed by atoms with van der Waals surface area (Å²) in [4.78, 5) is 10.7. The summed E-state index contributed by atoms with van der Waals surface area (Å²) in [6.45, 7) is 4.81. The van der Waals surface area contributed by atoms with Gasteiger partial charge >= 0.3 is 0 Å². The average Bonchev–Trinajstić information content (AvgIpc) is 2.87. The number of hydrogen-bond acceptors (Lipinski definition) is 2. The van der Waals surface area contributed by atoms with E-state index >= 15 is 0 Å². The highest BCUT2D eigenvalue weighted by Crippen LogP contribution is 2.07. The number of rotatable bonds is 4. The molecule has 16 heavy (non-hydrogen) atoms. The minimum Gasteiger partial charge on any atom is -0.339 e. The molecule has 0 amide bonds. The van der Waals surface area contributed by atoms with E-state index in [2.05, 4.69) is 18.9 Å². The normalized spacial score (nSPS) is 10.9. The van der Waals surface area contributed by atoms with Crippen molar-refractivity contribution < 1.29 is 4.79 Å². The second-order valence-electron chi connectivity index (χ2n) is 4.06. The van der Waals surface area contributed by atoms with Crippen LogP contribution in [-0.4, -0.2) is 20.6 Å². The third-order valence-electron chi connectivity index (χ3n) is 2.51. The first-order chi connectivity index (χ1) is 7.70. The fourth-order valence-corrected chi connectivity index (χ4v) is 1.60. The van der Waals surface area contributed by atoms with Gasteiger partial charge < -0.3 is 4.57 Å². The minimum absolute atomic E-state index is 0.365. The van der Waals surface area contributed by atoms with E-state index in [1.54, 1.807) is 6.07 Å². The summed E-state index contributed by atoms with van der Waals surface area (Å²) in [6.07, 6.45) is 4.71. The molecule has 4 heteroatoms. The summed E-state index contributed by atoms with van der Waals surface area (Å²) in [5, 5.41) is 4.44. The molecule has 2 aromatic rings. The first kappa shape index (κ1) is 10.7. The average molecular weight is 217 g/mol. The van der Waals surface area contributed by atoms with Crippen molar-refractivity contribution in [2.24, 2.45) is 0 Å². The highest BCUT2D eigenvalue weighted by atomic mass is 16.1. The van der Waals surface area contributed by atoms with Crippen LogP contribution < -0.4 is 0 Å². The Balaban J connectivity index is 2.17. The molecule has 0 aromatic carbocycles. The molecule has 0 unspecified atom stereocenters. The van der Waals surface area contributed by atoms with Crippen LogP contribution >= 0.6 is 0 Å². The SMILES string of the molecule is CC(C)n1ccc(Cn2cccc2C=O)n1. The predicted molar refractivity (Wildman–Crippen MR) is 61.5 cm³/mol. The summed E-state index contributed by atoms with van der Waals surface area (Å²) in [6, 6.07) is 6.01. The van der Waals surface area contributed by atoms with Crippen LogP contribution in [0.2, 0.25) is 0 Å². The molecule has 0 bridgehead atoms. The summed E-state index contributed by atoms with van der Waals surface area (Å²) >= 11 is 0. The Labute approximate surface area is 94.5 Å². The molecule has 4 nitrogen and oxygen atoms in total. The summed E-state index contributed by atoms with van der Waals surface area (Å²) in [5.41, 5.74) is 1.65. The molecule has 0 atom stereocenters. The molecule has 84 valence electrons. The van der Waals surface area contributed by atoms with E-state index in [1.807, 2.05) is 33.8 Å². The second-order valence-corrected chi connectivity index (χ2v) is 4.06. The lowest BCUT2D eigenvalue weighted by molar-refractivity contribution is 0.111. The zero-order valence-corrected chi connectivity index (χ0v) is 9.50. The van der Waals surface area contributed by atoms with Gasteiger partial charge in [-0.3, -0.25) is 9.48 Å². The molecule has 0 aliphatic carbocycles. The summed E-state index contributed by atoms with van der Waals surface area (Å²) in [7, 11) is 0. The number of nitrogens with zero attached hydrogens (tertiary/aromatic N) is 3. The molecule has 0 N–H and O–H groups in total. The van der Waals surface area contributed by atoms with Crippen LogP contribution in [0.3, 0.4) is 0 Å². The van der Waals surface area contributed by atoms with Crippen LogP contribution in [0, 0.1) is 0 Å². The van der Waals surface area contributed by atoms with Gasteiger partial charge in [0.2, 0.25) is 0 Å². The van der Waals surface area contributed by atoms with E-state index in [4.69, 9.17) is 0 Å². The highest BCUT2D eigenvalue weighted by Gasteiger charge is 2.04. The topological polar surface area (TPSA) is 39.8 Å². The maximum Gasteiger partial charge on any atom is 0.166 e. The number of carbonyl (C=O) groups excluding carboxylic acids is 1. The van der Waals surface area contributed by atoms with E-state index in [0.29, 0.717) is 18.3 Å². The molecule has 0 spiro atoms. The molecule has 0 fully saturated rings. The molecule has 0 saturated heterocycles. The Kier molecular flexibility index (Phi) is 2.90. The molecule has 2 heterocycles. The van der Waals surface area contributed by atoms with Gasteiger partial charge in [-0.2, -0.15) is 5.10 Å². The highest BCUT2D eigenvalue weighted by molar-refractivity contribution is 5.72. The van der Waals surface area contributed by atoms with Crippen molar-refractivity contribution >= 4 is 6.29 Å². The zero-order valence-electron chi connectivity index (χ0n) is 9.50. The van der Waals surface area contributed by atoms with Crippen LogP contribution in [-0.2, 0) is 6.54 Å². The van der Waals surface area contributed by atoms with E-state index in [0.717, 1.165) is 12.0 Å². The van der Waals surface area contributed by atoms with Crippen LogP contribution in [0.4, 0.5) is 0 Å². The van der Waals surface area contributed by atoms with E-state index in [1.165, 1.54) is 0 Å². The van der Waals surface area contributed by atoms with Crippen LogP contribution in [0.1, 0.15) is 36.1 Å². The smallest absolute Gasteiger partial charge is 0.166 e. The Hall–Kier alpha value is -1.84. The van der Waals surface area contributed by atoms with Crippen molar-refractivity contribution in [2.45, 2.75) is 26.4 Å². The fraction of sp³-hybridized carbons (Fsp3) is 0.333. The predicted octanol–water partition coefficient (Wildman–Crippen LogP) is 2.13. The molecule has 0 aliphatic rings. The monoisotopic (exact) mass is 217 g/mol. The van der Waals surface area contributed by atoms with Crippen LogP contribution in [0.5, 0.6) is 0 Å². The summed E-state index contributed by atoms with van der Waals surface area (Å²) < 4.78 is 3.80. The Morgan fingerprint density at radius 2 is 2.19 bits per heavy atom. The van der Waals surface area contributed by atoms with E-state index in [-0.39, 0.29) is 0 Å². The number of carbonyl (C=O) groups is 1. The van der Waals surface area contributed by atoms with Gasteiger partial charge in [-0.05, 0) is 32.0 Å². The Morgan fingerprint density at radius 1 is 1.38 bits per heavy atom. The van der Waals surface area contributed by atoms with Gasteiger partial charge in [-0.1, -0.05) is 0 Å². The van der Waals surface area contributed by atoms with Gasteiger partial charge in [-0.15, -0.1) is 0 Å². The van der Waals surface area contributed by atoms with Gasteiger partial charge in [-0.25, -0.2) is 0 Å². The van der Waals surface area contributed by atoms with Crippen molar-refractivity contribution in [3.05, 3.63) is 42.0 Å². The molecular weight excluding hydrogens is 202 g/mol. The maximum absolute atomic E-state index is 10.7. The first-order valence-corrected chi connectivity index (χ1v) is 5.35. The van der Waals surface area contributed by atoms with Crippen molar-refractivity contribution in [1.29, 1.82) is 0 Å². The van der Waals surface area contributed by atoms with Crippen molar-refractivity contribution in [2.75, 3.05) is 0 Å². The number of aromatic nitrogens is 3. The van der Waals surface area contributed by atoms with E-state index < -0.39 is 0 Å². The zero-order chi connectivity index (χ0) is 11.5. The second kappa shape index (κ2) is 4.35. The quantitative estimate of drug-likeness (QED) is 0.736. The van der Waals surface area contributed by atoms with Crippen LogP contribution in [0.15, 0.2) is 30.6 Å². The summed E-state index contributed by atoms with van der Waals surface area (Å²) in [5.74, 6) is 0. The van der Waals surface area contributed by atoms with Gasteiger partial charge in [0.25, 0.3) is 0 Å². The lowest BCUT2D eigenvalue weighted by atomic mass is 10.4. The van der Waals surface area contributed by atoms with Gasteiger partial charge in [0.1, 0.15) is 0 Å². The van der Waals surface area contributed by atoms with Crippen LogP contribution in [0.25, 0.3) is 0 Å². The van der Waals surface area contributed by atoms with Gasteiger partial charge in [0.05, 0.1) is 17.9 Å². The largest absolute Gasteiger partial charge is 0.339 e. The Morgan fingerprint density at radius 3 is 2.81 bits per heavy atom. The molecule has 0 aliphatic heterocycles. The standard InChI is InChI=1S/C12H15N3O/c1-10(2)15-7-5-11(13-15)8-14-6-3-4-12(14)9-16/h3-7,9-10H,8H2,1-2H3. The Bertz CT molecular complexity index is 482. The van der Waals surface area contributed by atoms with Gasteiger partial charge in [0, 0.05) is 18.4 Å². The third-order valence-corrected chi connectivity index (χ3v) is 2.51. The van der Waals surface area contributed by atoms with Gasteiger partial charge in [0.15, 0.2) is 6.29 Å². The van der Waals surface area contributed by atoms with Crippen molar-refractivity contribution in [3.8, 4) is 0 Å². The van der Waals surface area contributed by atoms with Crippen molar-refractivity contribution in [3.63, 3.8) is 0 Å². The third kappa shape index (κ3) is 2.05. The molecule has 2 aromatic heterocycles. The van der Waals surface area contributed by atoms with Crippen molar-refractivity contribution in [1.82, 2.24) is 14.3 Å². The minimum atomic E-state index is 0.365. The lowest BCUT2D eigenvalue weighted by Gasteiger charge is -2.05. The molecule has 0 radical (unpaired) electrons. The first-order valence-electron chi connectivity index (χ1n) is 5.35. The maximum atomic E-state index is 10.7.